The first-order valence-electron chi connectivity index (χ1n) is 5.92. The molecule has 1 atom stereocenters. The second-order valence-corrected chi connectivity index (χ2v) is 4.07. The van der Waals surface area contributed by atoms with Crippen LogP contribution < -0.4 is 0 Å². The molecule has 0 saturated heterocycles. The van der Waals surface area contributed by atoms with Crippen LogP contribution in [0, 0.1) is 10.1 Å². The fourth-order valence-electron chi connectivity index (χ4n) is 1.84. The van der Waals surface area contributed by atoms with Crippen molar-refractivity contribution in [3.63, 3.8) is 0 Å². The highest BCUT2D eigenvalue weighted by atomic mass is 16.6. The van der Waals surface area contributed by atoms with Crippen molar-refractivity contribution in [3.05, 3.63) is 21.5 Å². The van der Waals surface area contributed by atoms with Gasteiger partial charge in [0.05, 0.1) is 11.0 Å². The summed E-state index contributed by atoms with van der Waals surface area (Å²) < 4.78 is 1.66. The highest BCUT2D eigenvalue weighted by Crippen LogP contribution is 2.24. The number of nitrogens with zero attached hydrogens (tertiary/aromatic N) is 3. The number of hydrogen-bond donors (Lipinski definition) is 1. The van der Waals surface area contributed by atoms with Crippen LogP contribution in [0.2, 0.25) is 0 Å². The maximum absolute atomic E-state index is 11.0. The molecule has 0 bridgehead atoms. The monoisotopic (exact) mass is 241 g/mol. The summed E-state index contributed by atoms with van der Waals surface area (Å²) in [6, 6.07) is 0. The summed E-state index contributed by atoms with van der Waals surface area (Å²) in [5.74, 6) is 0. The van der Waals surface area contributed by atoms with Gasteiger partial charge in [0, 0.05) is 6.54 Å². The molecule has 0 saturated carbocycles. The molecule has 1 N–H and O–H groups in total. The lowest BCUT2D eigenvalue weighted by Gasteiger charge is -2.06. The van der Waals surface area contributed by atoms with Crippen molar-refractivity contribution in [3.8, 4) is 0 Å². The van der Waals surface area contributed by atoms with Crippen LogP contribution in [0.3, 0.4) is 0 Å². The summed E-state index contributed by atoms with van der Waals surface area (Å²) in [5.41, 5.74) is 1.31. The van der Waals surface area contributed by atoms with Gasteiger partial charge in [-0.25, -0.2) is 0 Å². The van der Waals surface area contributed by atoms with Crippen LogP contribution in [0.15, 0.2) is 0 Å². The molecule has 1 rings (SSSR count). The zero-order valence-corrected chi connectivity index (χ0v) is 10.5. The summed E-state index contributed by atoms with van der Waals surface area (Å²) in [4.78, 5) is 10.7. The van der Waals surface area contributed by atoms with E-state index in [2.05, 4.69) is 5.10 Å². The first-order valence-corrected chi connectivity index (χ1v) is 5.92. The Balaban J connectivity index is 3.09. The van der Waals surface area contributed by atoms with Crippen molar-refractivity contribution in [1.29, 1.82) is 0 Å². The van der Waals surface area contributed by atoms with Crippen molar-refractivity contribution in [2.75, 3.05) is 0 Å². The van der Waals surface area contributed by atoms with Crippen molar-refractivity contribution < 1.29 is 10.0 Å². The number of aryl methyl sites for hydroxylation is 2. The molecule has 0 amide bonds. The largest absolute Gasteiger partial charge is 0.393 e. The fraction of sp³-hybridized carbons (Fsp3) is 0.727. The molecule has 0 fully saturated rings. The SMILES string of the molecule is CCc1nn(CCC(C)O)c(CC)c1[N+](=O)[O-]. The predicted octanol–water partition coefficient (Wildman–Crippen LogP) is 1.69. The third-order valence-electron chi connectivity index (χ3n) is 2.71. The highest BCUT2D eigenvalue weighted by molar-refractivity contribution is 5.41. The molecule has 0 aliphatic carbocycles. The summed E-state index contributed by atoms with van der Waals surface area (Å²) in [7, 11) is 0. The zero-order valence-electron chi connectivity index (χ0n) is 10.5. The van der Waals surface area contributed by atoms with Gasteiger partial charge in [-0.05, 0) is 26.2 Å². The molecule has 1 aromatic rings. The van der Waals surface area contributed by atoms with Crippen molar-refractivity contribution >= 4 is 5.69 Å². The lowest BCUT2D eigenvalue weighted by Crippen LogP contribution is -2.11. The maximum Gasteiger partial charge on any atom is 0.313 e. The molecule has 0 aliphatic heterocycles. The summed E-state index contributed by atoms with van der Waals surface area (Å²) in [5, 5.41) is 24.5. The van der Waals surface area contributed by atoms with E-state index in [1.807, 2.05) is 13.8 Å². The van der Waals surface area contributed by atoms with Crippen LogP contribution in [-0.2, 0) is 19.4 Å². The number of rotatable bonds is 6. The zero-order chi connectivity index (χ0) is 13.0. The Labute approximate surface area is 100 Å². The van der Waals surface area contributed by atoms with Crippen LogP contribution in [0.25, 0.3) is 0 Å². The Morgan fingerprint density at radius 2 is 2.12 bits per heavy atom. The summed E-state index contributed by atoms with van der Waals surface area (Å²) in [6.45, 7) is 5.95. The van der Waals surface area contributed by atoms with Crippen LogP contribution in [0.1, 0.15) is 38.6 Å². The van der Waals surface area contributed by atoms with Crippen LogP contribution in [0.4, 0.5) is 5.69 Å². The minimum Gasteiger partial charge on any atom is -0.393 e. The van der Waals surface area contributed by atoms with E-state index in [1.54, 1.807) is 11.6 Å². The molecule has 0 spiro atoms. The van der Waals surface area contributed by atoms with E-state index in [9.17, 15) is 15.2 Å². The number of hydrogen-bond acceptors (Lipinski definition) is 4. The fourth-order valence-corrected chi connectivity index (χ4v) is 1.84. The van der Waals surface area contributed by atoms with Crippen molar-refractivity contribution in [1.82, 2.24) is 9.78 Å². The molecule has 1 unspecified atom stereocenters. The van der Waals surface area contributed by atoms with E-state index in [1.165, 1.54) is 0 Å². The Hall–Kier alpha value is -1.43. The van der Waals surface area contributed by atoms with Crippen LogP contribution in [0.5, 0.6) is 0 Å². The van der Waals surface area contributed by atoms with Gasteiger partial charge in [0.2, 0.25) is 0 Å². The molecular formula is C11H19N3O3. The number of aliphatic hydroxyl groups is 1. The van der Waals surface area contributed by atoms with Gasteiger partial charge in [0.1, 0.15) is 11.4 Å². The first-order chi connectivity index (χ1) is 8.01. The molecule has 17 heavy (non-hydrogen) atoms. The molecule has 0 aromatic carbocycles. The van der Waals surface area contributed by atoms with E-state index in [0.717, 1.165) is 0 Å². The molecule has 0 radical (unpaired) electrons. The van der Waals surface area contributed by atoms with E-state index < -0.39 is 6.10 Å². The van der Waals surface area contributed by atoms with Gasteiger partial charge < -0.3 is 5.11 Å². The average Bonchev–Trinajstić information content (AvgIpc) is 2.63. The molecule has 1 aromatic heterocycles. The van der Waals surface area contributed by atoms with Crippen LogP contribution >= 0.6 is 0 Å². The first kappa shape index (κ1) is 13.6. The highest BCUT2D eigenvalue weighted by Gasteiger charge is 2.25. The Bertz CT molecular complexity index is 399. The molecule has 96 valence electrons. The van der Waals surface area contributed by atoms with E-state index in [-0.39, 0.29) is 10.6 Å². The normalized spacial score (nSPS) is 12.7. The summed E-state index contributed by atoms with van der Waals surface area (Å²) in [6.07, 6.45) is 1.25. The standard InChI is InChI=1S/C11H19N3O3/c1-4-9-11(14(16)17)10(5-2)13(12-9)7-6-8(3)15/h8,15H,4-7H2,1-3H3. The van der Waals surface area contributed by atoms with Crippen LogP contribution in [-0.4, -0.2) is 25.9 Å². The summed E-state index contributed by atoms with van der Waals surface area (Å²) >= 11 is 0. The van der Waals surface area contributed by atoms with E-state index >= 15 is 0 Å². The van der Waals surface area contributed by atoms with E-state index in [0.29, 0.717) is 37.2 Å². The molecule has 0 aliphatic rings. The minimum atomic E-state index is -0.423. The third kappa shape index (κ3) is 3.03. The third-order valence-corrected chi connectivity index (χ3v) is 2.71. The van der Waals surface area contributed by atoms with E-state index in [4.69, 9.17) is 0 Å². The molecular weight excluding hydrogens is 222 g/mol. The average molecular weight is 241 g/mol. The van der Waals surface area contributed by atoms with Gasteiger partial charge in [-0.2, -0.15) is 5.10 Å². The van der Waals surface area contributed by atoms with Crippen molar-refractivity contribution in [2.24, 2.45) is 0 Å². The van der Waals surface area contributed by atoms with Gasteiger partial charge in [-0.15, -0.1) is 0 Å². The van der Waals surface area contributed by atoms with Gasteiger partial charge >= 0.3 is 5.69 Å². The Morgan fingerprint density at radius 1 is 1.47 bits per heavy atom. The quantitative estimate of drug-likeness (QED) is 0.607. The van der Waals surface area contributed by atoms with Gasteiger partial charge in [-0.1, -0.05) is 13.8 Å². The van der Waals surface area contributed by atoms with Gasteiger partial charge in [0.15, 0.2) is 0 Å². The topological polar surface area (TPSA) is 81.2 Å². The Kier molecular flexibility index (Phi) is 4.62. The number of aromatic nitrogens is 2. The lowest BCUT2D eigenvalue weighted by molar-refractivity contribution is -0.386. The Morgan fingerprint density at radius 3 is 2.53 bits per heavy atom. The van der Waals surface area contributed by atoms with Gasteiger partial charge in [0.25, 0.3) is 0 Å². The maximum atomic E-state index is 11.0. The lowest BCUT2D eigenvalue weighted by atomic mass is 10.2. The second kappa shape index (κ2) is 5.77. The number of aliphatic hydroxyl groups excluding tert-OH is 1. The van der Waals surface area contributed by atoms with Gasteiger partial charge in [-0.3, -0.25) is 14.8 Å². The second-order valence-electron chi connectivity index (χ2n) is 4.07. The minimum absolute atomic E-state index is 0.139. The van der Waals surface area contributed by atoms with Crippen molar-refractivity contribution in [2.45, 2.75) is 52.7 Å². The smallest absolute Gasteiger partial charge is 0.313 e. The number of nitro groups is 1. The predicted molar refractivity (Wildman–Crippen MR) is 63.9 cm³/mol. The molecule has 6 heteroatoms. The molecule has 1 heterocycles. The molecule has 6 nitrogen and oxygen atoms in total.